The molecule has 0 amide bonds. The average Bonchev–Trinajstić information content (AvgIpc) is 3.17. The Hall–Kier alpha value is -1.73. The third-order valence-electron chi connectivity index (χ3n) is 4.42. The molecule has 0 spiro atoms. The van der Waals surface area contributed by atoms with Crippen molar-refractivity contribution in [1.29, 1.82) is 0 Å². The number of nitrogens with one attached hydrogen (secondary N) is 1. The SMILES string of the molecule is Clc1ccc2ncnc(NCC(c3cccs3)N3CCOCC3)c2c1. The van der Waals surface area contributed by atoms with Gasteiger partial charge in [-0.25, -0.2) is 9.97 Å². The van der Waals surface area contributed by atoms with E-state index in [0.29, 0.717) is 11.1 Å². The van der Waals surface area contributed by atoms with Crippen LogP contribution in [0.25, 0.3) is 10.9 Å². The molecule has 7 heteroatoms. The van der Waals surface area contributed by atoms with Crippen molar-refractivity contribution in [2.24, 2.45) is 0 Å². The van der Waals surface area contributed by atoms with Gasteiger partial charge in [0.2, 0.25) is 0 Å². The van der Waals surface area contributed by atoms with Gasteiger partial charge in [0.1, 0.15) is 12.1 Å². The number of ether oxygens (including phenoxy) is 1. The van der Waals surface area contributed by atoms with E-state index in [0.717, 1.165) is 49.6 Å². The van der Waals surface area contributed by atoms with Crippen LogP contribution in [0, 0.1) is 0 Å². The summed E-state index contributed by atoms with van der Waals surface area (Å²) < 4.78 is 5.51. The summed E-state index contributed by atoms with van der Waals surface area (Å²) in [5, 5.41) is 7.28. The summed E-state index contributed by atoms with van der Waals surface area (Å²) in [7, 11) is 0. The minimum Gasteiger partial charge on any atom is -0.379 e. The van der Waals surface area contributed by atoms with Crippen LogP contribution in [0.3, 0.4) is 0 Å². The van der Waals surface area contributed by atoms with E-state index in [1.54, 1.807) is 17.7 Å². The summed E-state index contributed by atoms with van der Waals surface area (Å²) in [5.41, 5.74) is 0.890. The van der Waals surface area contributed by atoms with Crippen LogP contribution in [-0.2, 0) is 4.74 Å². The number of benzene rings is 1. The van der Waals surface area contributed by atoms with Crippen LogP contribution >= 0.6 is 22.9 Å². The van der Waals surface area contributed by atoms with Crippen LogP contribution in [0.2, 0.25) is 5.02 Å². The maximum absolute atomic E-state index is 6.15. The third-order valence-corrected chi connectivity index (χ3v) is 5.63. The van der Waals surface area contributed by atoms with Crippen molar-refractivity contribution in [3.8, 4) is 0 Å². The predicted octanol–water partition coefficient (Wildman–Crippen LogP) is 3.83. The van der Waals surface area contributed by atoms with Crippen LogP contribution in [0.1, 0.15) is 10.9 Å². The van der Waals surface area contributed by atoms with E-state index < -0.39 is 0 Å². The zero-order valence-corrected chi connectivity index (χ0v) is 15.3. The van der Waals surface area contributed by atoms with Crippen molar-refractivity contribution in [3.63, 3.8) is 0 Å². The molecule has 0 radical (unpaired) electrons. The zero-order valence-electron chi connectivity index (χ0n) is 13.7. The van der Waals surface area contributed by atoms with E-state index in [1.807, 2.05) is 18.2 Å². The number of hydrogen-bond acceptors (Lipinski definition) is 6. The largest absolute Gasteiger partial charge is 0.379 e. The van der Waals surface area contributed by atoms with Crippen molar-refractivity contribution in [2.75, 3.05) is 38.2 Å². The number of thiophene rings is 1. The number of anilines is 1. The molecule has 5 nitrogen and oxygen atoms in total. The molecule has 130 valence electrons. The zero-order chi connectivity index (χ0) is 17.1. The molecule has 1 aliphatic rings. The van der Waals surface area contributed by atoms with E-state index in [4.69, 9.17) is 16.3 Å². The number of morpholine rings is 1. The number of aromatic nitrogens is 2. The standard InChI is InChI=1S/C18H19ClN4OS/c19-13-3-4-15-14(10-13)18(22-12-21-15)20-11-16(17-2-1-9-25-17)23-5-7-24-8-6-23/h1-4,9-10,12,16H,5-8,11H2,(H,20,21,22). The molecule has 3 aromatic rings. The molecule has 1 unspecified atom stereocenters. The second kappa shape index (κ2) is 7.66. The minimum atomic E-state index is 0.299. The van der Waals surface area contributed by atoms with Crippen LogP contribution in [0.5, 0.6) is 0 Å². The van der Waals surface area contributed by atoms with Gasteiger partial charge in [0.25, 0.3) is 0 Å². The summed E-state index contributed by atoms with van der Waals surface area (Å²) in [6.07, 6.45) is 1.59. The molecular weight excluding hydrogens is 356 g/mol. The molecule has 4 rings (SSSR count). The van der Waals surface area contributed by atoms with Crippen molar-refractivity contribution in [2.45, 2.75) is 6.04 Å². The highest BCUT2D eigenvalue weighted by Gasteiger charge is 2.23. The summed E-state index contributed by atoms with van der Waals surface area (Å²) in [6, 6.07) is 10.3. The van der Waals surface area contributed by atoms with E-state index in [-0.39, 0.29) is 0 Å². The first-order valence-corrected chi connectivity index (χ1v) is 9.56. The lowest BCUT2D eigenvalue weighted by Gasteiger charge is -2.34. The fraction of sp³-hybridized carbons (Fsp3) is 0.333. The molecule has 1 N–H and O–H groups in total. The fourth-order valence-corrected chi connectivity index (χ4v) is 4.18. The lowest BCUT2D eigenvalue weighted by Crippen LogP contribution is -2.41. The number of fused-ring (bicyclic) bond motifs is 1. The molecule has 25 heavy (non-hydrogen) atoms. The molecule has 3 heterocycles. The number of nitrogens with zero attached hydrogens (tertiary/aromatic N) is 3. The Balaban J connectivity index is 1.58. The van der Waals surface area contributed by atoms with Gasteiger partial charge in [-0.3, -0.25) is 4.90 Å². The summed E-state index contributed by atoms with van der Waals surface area (Å²) in [5.74, 6) is 0.822. The topological polar surface area (TPSA) is 50.3 Å². The molecule has 1 fully saturated rings. The van der Waals surface area contributed by atoms with Gasteiger partial charge in [0, 0.05) is 34.9 Å². The molecule has 0 saturated carbocycles. The van der Waals surface area contributed by atoms with E-state index in [1.165, 1.54) is 4.88 Å². The van der Waals surface area contributed by atoms with Crippen LogP contribution in [-0.4, -0.2) is 47.7 Å². The van der Waals surface area contributed by atoms with Crippen molar-refractivity contribution in [1.82, 2.24) is 14.9 Å². The van der Waals surface area contributed by atoms with Gasteiger partial charge in [0.05, 0.1) is 24.8 Å². The molecule has 0 bridgehead atoms. The summed E-state index contributed by atoms with van der Waals surface area (Å²) in [6.45, 7) is 4.24. The second-order valence-electron chi connectivity index (χ2n) is 5.94. The van der Waals surface area contributed by atoms with Crippen molar-refractivity contribution >= 4 is 39.7 Å². The van der Waals surface area contributed by atoms with Crippen molar-refractivity contribution < 1.29 is 4.74 Å². The molecule has 1 aliphatic heterocycles. The minimum absolute atomic E-state index is 0.299. The lowest BCUT2D eigenvalue weighted by atomic mass is 10.1. The Labute approximate surface area is 155 Å². The molecular formula is C18H19ClN4OS. The predicted molar refractivity (Wildman–Crippen MR) is 102 cm³/mol. The Morgan fingerprint density at radius 3 is 2.92 bits per heavy atom. The average molecular weight is 375 g/mol. The molecule has 1 aromatic carbocycles. The first-order chi connectivity index (χ1) is 12.3. The van der Waals surface area contributed by atoms with E-state index in [9.17, 15) is 0 Å². The Kier molecular flexibility index (Phi) is 5.12. The van der Waals surface area contributed by atoms with Gasteiger partial charge < -0.3 is 10.1 Å². The molecule has 0 aliphatic carbocycles. The molecule has 1 atom stereocenters. The van der Waals surface area contributed by atoms with Gasteiger partial charge in [-0.15, -0.1) is 11.3 Å². The summed E-state index contributed by atoms with van der Waals surface area (Å²) in [4.78, 5) is 12.6. The van der Waals surface area contributed by atoms with Crippen LogP contribution < -0.4 is 5.32 Å². The van der Waals surface area contributed by atoms with Crippen LogP contribution in [0.15, 0.2) is 42.0 Å². The second-order valence-corrected chi connectivity index (χ2v) is 7.36. The smallest absolute Gasteiger partial charge is 0.137 e. The third kappa shape index (κ3) is 3.77. The van der Waals surface area contributed by atoms with Gasteiger partial charge in [-0.05, 0) is 29.6 Å². The first kappa shape index (κ1) is 16.7. The van der Waals surface area contributed by atoms with E-state index in [2.05, 4.69) is 37.7 Å². The Morgan fingerprint density at radius 1 is 1.24 bits per heavy atom. The normalized spacial score (nSPS) is 16.8. The Morgan fingerprint density at radius 2 is 2.12 bits per heavy atom. The monoisotopic (exact) mass is 374 g/mol. The van der Waals surface area contributed by atoms with Crippen LogP contribution in [0.4, 0.5) is 5.82 Å². The van der Waals surface area contributed by atoms with Gasteiger partial charge >= 0.3 is 0 Å². The number of halogens is 1. The maximum atomic E-state index is 6.15. The highest BCUT2D eigenvalue weighted by atomic mass is 35.5. The van der Waals surface area contributed by atoms with Gasteiger partial charge in [-0.1, -0.05) is 17.7 Å². The van der Waals surface area contributed by atoms with Crippen molar-refractivity contribution in [3.05, 3.63) is 51.9 Å². The summed E-state index contributed by atoms with van der Waals surface area (Å²) >= 11 is 7.94. The number of hydrogen-bond donors (Lipinski definition) is 1. The quantitative estimate of drug-likeness (QED) is 0.735. The number of rotatable bonds is 5. The fourth-order valence-electron chi connectivity index (χ4n) is 3.14. The first-order valence-electron chi connectivity index (χ1n) is 8.30. The van der Waals surface area contributed by atoms with Gasteiger partial charge in [-0.2, -0.15) is 0 Å². The maximum Gasteiger partial charge on any atom is 0.137 e. The lowest BCUT2D eigenvalue weighted by molar-refractivity contribution is 0.0194. The van der Waals surface area contributed by atoms with Gasteiger partial charge in [0.15, 0.2) is 0 Å². The molecule has 1 saturated heterocycles. The highest BCUT2D eigenvalue weighted by Crippen LogP contribution is 2.28. The van der Waals surface area contributed by atoms with E-state index >= 15 is 0 Å². The highest BCUT2D eigenvalue weighted by molar-refractivity contribution is 7.10. The Bertz CT molecular complexity index is 836. The molecule has 2 aromatic heterocycles.